The zero-order valence-corrected chi connectivity index (χ0v) is 5.84. The SMILES string of the molecule is [CH2]COC(=O)C1CCCO1. The van der Waals surface area contributed by atoms with Crippen molar-refractivity contribution >= 4 is 5.97 Å². The number of rotatable bonds is 2. The molecule has 0 N–H and O–H groups in total. The monoisotopic (exact) mass is 143 g/mol. The van der Waals surface area contributed by atoms with Crippen molar-refractivity contribution < 1.29 is 14.3 Å². The lowest BCUT2D eigenvalue weighted by Crippen LogP contribution is -2.21. The predicted octanol–water partition coefficient (Wildman–Crippen LogP) is 0.543. The summed E-state index contributed by atoms with van der Waals surface area (Å²) in [7, 11) is 0. The van der Waals surface area contributed by atoms with Gasteiger partial charge in [-0.15, -0.1) is 0 Å². The van der Waals surface area contributed by atoms with Crippen LogP contribution in [0.4, 0.5) is 0 Å². The topological polar surface area (TPSA) is 35.5 Å². The quantitative estimate of drug-likeness (QED) is 0.529. The van der Waals surface area contributed by atoms with Crippen molar-refractivity contribution in [2.24, 2.45) is 0 Å². The number of ether oxygens (including phenoxy) is 2. The average Bonchev–Trinajstić information content (AvgIpc) is 2.38. The third-order valence-electron chi connectivity index (χ3n) is 1.44. The minimum atomic E-state index is -0.318. The fourth-order valence-electron chi connectivity index (χ4n) is 0.957. The van der Waals surface area contributed by atoms with E-state index in [2.05, 4.69) is 11.7 Å². The lowest BCUT2D eigenvalue weighted by Gasteiger charge is -2.06. The molecule has 1 heterocycles. The fourth-order valence-corrected chi connectivity index (χ4v) is 0.957. The zero-order valence-electron chi connectivity index (χ0n) is 5.84. The first-order valence-corrected chi connectivity index (χ1v) is 3.42. The largest absolute Gasteiger partial charge is 0.464 e. The van der Waals surface area contributed by atoms with E-state index in [0.29, 0.717) is 6.61 Å². The van der Waals surface area contributed by atoms with Crippen molar-refractivity contribution in [3.05, 3.63) is 6.92 Å². The molecule has 3 heteroatoms. The maximum Gasteiger partial charge on any atom is 0.335 e. The molecular formula is C7H11O3. The molecule has 0 bridgehead atoms. The molecule has 1 radical (unpaired) electrons. The Morgan fingerprint density at radius 2 is 2.60 bits per heavy atom. The van der Waals surface area contributed by atoms with E-state index in [1.54, 1.807) is 0 Å². The third kappa shape index (κ3) is 1.70. The lowest BCUT2D eigenvalue weighted by atomic mass is 10.2. The molecule has 1 fully saturated rings. The Kier molecular flexibility index (Phi) is 2.68. The highest BCUT2D eigenvalue weighted by atomic mass is 16.6. The molecule has 0 aliphatic carbocycles. The molecule has 0 aromatic rings. The second kappa shape index (κ2) is 3.56. The molecule has 3 nitrogen and oxygen atoms in total. The van der Waals surface area contributed by atoms with Crippen LogP contribution in [-0.4, -0.2) is 25.3 Å². The number of esters is 1. The van der Waals surface area contributed by atoms with E-state index >= 15 is 0 Å². The highest BCUT2D eigenvalue weighted by molar-refractivity contribution is 5.74. The lowest BCUT2D eigenvalue weighted by molar-refractivity contribution is -0.152. The van der Waals surface area contributed by atoms with Gasteiger partial charge in [0.05, 0.1) is 6.61 Å². The van der Waals surface area contributed by atoms with E-state index in [1.807, 2.05) is 0 Å². The second-order valence-electron chi connectivity index (χ2n) is 2.17. The van der Waals surface area contributed by atoms with E-state index in [4.69, 9.17) is 4.74 Å². The molecule has 57 valence electrons. The molecule has 1 aliphatic rings. The summed E-state index contributed by atoms with van der Waals surface area (Å²) in [5, 5.41) is 0. The summed E-state index contributed by atoms with van der Waals surface area (Å²) in [6.07, 6.45) is 1.43. The summed E-state index contributed by atoms with van der Waals surface area (Å²) in [6, 6.07) is 0. The van der Waals surface area contributed by atoms with Crippen LogP contribution in [0.2, 0.25) is 0 Å². The summed E-state index contributed by atoms with van der Waals surface area (Å²) >= 11 is 0. The van der Waals surface area contributed by atoms with Crippen molar-refractivity contribution in [2.45, 2.75) is 18.9 Å². The number of hydrogen-bond acceptors (Lipinski definition) is 3. The standard InChI is InChI=1S/C7H11O3/c1-2-9-7(8)6-4-3-5-10-6/h6H,1-5H2. The predicted molar refractivity (Wildman–Crippen MR) is 35.3 cm³/mol. The van der Waals surface area contributed by atoms with Crippen molar-refractivity contribution in [3.63, 3.8) is 0 Å². The van der Waals surface area contributed by atoms with Gasteiger partial charge >= 0.3 is 5.97 Å². The molecule has 0 amide bonds. The maximum absolute atomic E-state index is 10.9. The highest BCUT2D eigenvalue weighted by Gasteiger charge is 2.24. The minimum Gasteiger partial charge on any atom is -0.464 e. The van der Waals surface area contributed by atoms with Gasteiger partial charge in [-0.05, 0) is 19.8 Å². The first-order chi connectivity index (χ1) is 4.84. The molecule has 1 atom stereocenters. The van der Waals surface area contributed by atoms with Crippen LogP contribution in [-0.2, 0) is 14.3 Å². The number of carbonyl (C=O) groups excluding carboxylic acids is 1. The molecule has 1 saturated heterocycles. The van der Waals surface area contributed by atoms with Crippen molar-refractivity contribution in [1.82, 2.24) is 0 Å². The van der Waals surface area contributed by atoms with Crippen LogP contribution in [0.1, 0.15) is 12.8 Å². The smallest absolute Gasteiger partial charge is 0.335 e. The highest BCUT2D eigenvalue weighted by Crippen LogP contribution is 2.12. The Bertz CT molecular complexity index is 116. The molecule has 10 heavy (non-hydrogen) atoms. The van der Waals surface area contributed by atoms with E-state index in [9.17, 15) is 4.79 Å². The molecule has 0 aromatic carbocycles. The normalized spacial score (nSPS) is 24.7. The van der Waals surface area contributed by atoms with Crippen LogP contribution in [0.15, 0.2) is 0 Å². The molecule has 0 aromatic heterocycles. The van der Waals surface area contributed by atoms with Gasteiger partial charge in [-0.1, -0.05) is 0 Å². The Labute approximate surface area is 60.3 Å². The van der Waals surface area contributed by atoms with Gasteiger partial charge in [0.1, 0.15) is 0 Å². The van der Waals surface area contributed by atoms with Crippen molar-refractivity contribution in [2.75, 3.05) is 13.2 Å². The summed E-state index contributed by atoms with van der Waals surface area (Å²) < 4.78 is 9.72. The van der Waals surface area contributed by atoms with Crippen LogP contribution in [0, 0.1) is 6.92 Å². The Balaban J connectivity index is 2.25. The third-order valence-corrected chi connectivity index (χ3v) is 1.44. The van der Waals surface area contributed by atoms with Crippen LogP contribution in [0.25, 0.3) is 0 Å². The summed E-state index contributed by atoms with van der Waals surface area (Å²) in [5.41, 5.74) is 0. The fraction of sp³-hybridized carbons (Fsp3) is 0.714. The number of hydrogen-bond donors (Lipinski definition) is 0. The molecule has 1 aliphatic heterocycles. The Hall–Kier alpha value is -0.570. The van der Waals surface area contributed by atoms with Crippen LogP contribution in [0.5, 0.6) is 0 Å². The molecular weight excluding hydrogens is 132 g/mol. The first kappa shape index (κ1) is 7.54. The van der Waals surface area contributed by atoms with Gasteiger partial charge in [-0.2, -0.15) is 0 Å². The summed E-state index contributed by atoms with van der Waals surface area (Å²) in [5.74, 6) is -0.271. The van der Waals surface area contributed by atoms with Gasteiger partial charge in [-0.3, -0.25) is 0 Å². The Morgan fingerprint density at radius 3 is 3.10 bits per heavy atom. The minimum absolute atomic E-state index is 0.193. The van der Waals surface area contributed by atoms with E-state index in [0.717, 1.165) is 12.8 Å². The van der Waals surface area contributed by atoms with Crippen molar-refractivity contribution in [1.29, 1.82) is 0 Å². The van der Waals surface area contributed by atoms with Crippen LogP contribution >= 0.6 is 0 Å². The summed E-state index contributed by atoms with van der Waals surface area (Å²) in [4.78, 5) is 10.9. The molecule has 0 saturated carbocycles. The van der Waals surface area contributed by atoms with E-state index in [-0.39, 0.29) is 18.7 Å². The Morgan fingerprint density at radius 1 is 1.80 bits per heavy atom. The van der Waals surface area contributed by atoms with Gasteiger partial charge in [0.15, 0.2) is 6.10 Å². The van der Waals surface area contributed by atoms with Gasteiger partial charge in [0.25, 0.3) is 0 Å². The van der Waals surface area contributed by atoms with Crippen molar-refractivity contribution in [3.8, 4) is 0 Å². The van der Waals surface area contributed by atoms with E-state index in [1.165, 1.54) is 0 Å². The zero-order chi connectivity index (χ0) is 7.40. The molecule has 1 unspecified atom stereocenters. The summed E-state index contributed by atoms with van der Waals surface area (Å²) in [6.45, 7) is 4.27. The molecule has 0 spiro atoms. The second-order valence-corrected chi connectivity index (χ2v) is 2.17. The molecule has 1 rings (SSSR count). The van der Waals surface area contributed by atoms with Gasteiger partial charge in [0.2, 0.25) is 0 Å². The van der Waals surface area contributed by atoms with Crippen LogP contribution < -0.4 is 0 Å². The van der Waals surface area contributed by atoms with Gasteiger partial charge < -0.3 is 9.47 Å². The van der Waals surface area contributed by atoms with Crippen LogP contribution in [0.3, 0.4) is 0 Å². The maximum atomic E-state index is 10.9. The number of carbonyl (C=O) groups is 1. The first-order valence-electron chi connectivity index (χ1n) is 3.42. The van der Waals surface area contributed by atoms with Gasteiger partial charge in [0, 0.05) is 6.61 Å². The van der Waals surface area contributed by atoms with E-state index < -0.39 is 0 Å². The average molecular weight is 143 g/mol. The van der Waals surface area contributed by atoms with Gasteiger partial charge in [-0.25, -0.2) is 4.79 Å².